The number of halogens is 1. The van der Waals surface area contributed by atoms with Crippen LogP contribution < -0.4 is 0 Å². The van der Waals surface area contributed by atoms with E-state index in [1.165, 1.54) is 0 Å². The van der Waals surface area contributed by atoms with Gasteiger partial charge in [-0.25, -0.2) is 9.36 Å². The second-order valence-corrected chi connectivity index (χ2v) is 8.62. The van der Waals surface area contributed by atoms with E-state index in [1.54, 1.807) is 21.5 Å². The third kappa shape index (κ3) is 4.69. The number of ketones is 1. The van der Waals surface area contributed by atoms with Crippen LogP contribution in [-0.2, 0) is 0 Å². The first kappa shape index (κ1) is 22.5. The van der Waals surface area contributed by atoms with Crippen LogP contribution in [0, 0.1) is 13.8 Å². The Labute approximate surface area is 208 Å². The number of para-hydroxylation sites is 1. The largest absolute Gasteiger partial charge is 0.289 e. The Hall–Kier alpha value is -4.29. The average molecular weight is 480 g/mol. The molecule has 5 rings (SSSR count). The van der Waals surface area contributed by atoms with Crippen LogP contribution in [0.1, 0.15) is 27.2 Å². The van der Waals surface area contributed by atoms with E-state index >= 15 is 0 Å². The number of aromatic nitrogens is 5. The maximum Gasteiger partial charge on any atom is 0.185 e. The number of aryl methyl sites for hydroxylation is 1. The van der Waals surface area contributed by atoms with Gasteiger partial charge in [0.25, 0.3) is 0 Å². The van der Waals surface area contributed by atoms with Gasteiger partial charge in [0.2, 0.25) is 0 Å². The third-order valence-electron chi connectivity index (χ3n) is 5.70. The average Bonchev–Trinajstić information content (AvgIpc) is 3.47. The van der Waals surface area contributed by atoms with Crippen molar-refractivity contribution in [1.82, 2.24) is 24.8 Å². The number of benzene rings is 3. The molecule has 0 aliphatic heterocycles. The second-order valence-electron chi connectivity index (χ2n) is 8.19. The van der Waals surface area contributed by atoms with Crippen molar-refractivity contribution in [3.8, 4) is 22.8 Å². The Bertz CT molecular complexity index is 1510. The molecule has 2 heterocycles. The minimum absolute atomic E-state index is 0.0787. The van der Waals surface area contributed by atoms with Gasteiger partial charge in [0.05, 0.1) is 17.1 Å². The van der Waals surface area contributed by atoms with E-state index in [1.807, 2.05) is 98.9 Å². The van der Waals surface area contributed by atoms with Crippen LogP contribution in [0.4, 0.5) is 0 Å². The van der Waals surface area contributed by atoms with Crippen LogP contribution in [0.15, 0.2) is 91.1 Å². The molecule has 35 heavy (non-hydrogen) atoms. The highest BCUT2D eigenvalue weighted by atomic mass is 35.5. The number of nitrogens with zero attached hydrogens (tertiary/aromatic N) is 5. The van der Waals surface area contributed by atoms with Crippen LogP contribution >= 0.6 is 11.6 Å². The van der Waals surface area contributed by atoms with Gasteiger partial charge in [-0.05, 0) is 62.4 Å². The van der Waals surface area contributed by atoms with Crippen molar-refractivity contribution in [3.63, 3.8) is 0 Å². The smallest absolute Gasteiger partial charge is 0.185 e. The number of hydrogen-bond donors (Lipinski definition) is 0. The molecule has 3 aromatic carbocycles. The van der Waals surface area contributed by atoms with E-state index in [4.69, 9.17) is 16.7 Å². The summed E-state index contributed by atoms with van der Waals surface area (Å²) in [7, 11) is 0. The first-order valence-electron chi connectivity index (χ1n) is 11.1. The predicted molar refractivity (Wildman–Crippen MR) is 138 cm³/mol. The summed E-state index contributed by atoms with van der Waals surface area (Å²) >= 11 is 6.04. The number of allylic oxidation sites excluding steroid dienone is 1. The maximum atomic E-state index is 12.8. The molecular weight excluding hydrogens is 458 g/mol. The van der Waals surface area contributed by atoms with Crippen molar-refractivity contribution in [1.29, 1.82) is 0 Å². The number of carbonyl (C=O) groups is 1. The zero-order valence-corrected chi connectivity index (χ0v) is 20.0. The Morgan fingerprint density at radius 1 is 0.857 bits per heavy atom. The fourth-order valence-electron chi connectivity index (χ4n) is 3.76. The summed E-state index contributed by atoms with van der Waals surface area (Å²) in [4.78, 5) is 12.8. The molecule has 0 aliphatic rings. The van der Waals surface area contributed by atoms with Gasteiger partial charge in [-0.3, -0.25) is 4.79 Å². The number of carbonyl (C=O) groups excluding carboxylic acids is 1. The summed E-state index contributed by atoms with van der Waals surface area (Å²) in [6, 6.07) is 24.7. The van der Waals surface area contributed by atoms with Crippen LogP contribution in [0.2, 0.25) is 5.02 Å². The van der Waals surface area contributed by atoms with Crippen LogP contribution in [-0.4, -0.2) is 30.6 Å². The molecule has 0 saturated carbocycles. The highest BCUT2D eigenvalue weighted by Gasteiger charge is 2.19. The van der Waals surface area contributed by atoms with Crippen LogP contribution in [0.3, 0.4) is 0 Å². The molecule has 5 aromatic rings. The molecule has 0 radical (unpaired) electrons. The van der Waals surface area contributed by atoms with Crippen LogP contribution in [0.25, 0.3) is 28.8 Å². The molecule has 0 unspecified atom stereocenters. The van der Waals surface area contributed by atoms with E-state index in [0.29, 0.717) is 22.0 Å². The minimum atomic E-state index is -0.0787. The zero-order chi connectivity index (χ0) is 24.4. The molecule has 2 aromatic heterocycles. The summed E-state index contributed by atoms with van der Waals surface area (Å²) in [6.07, 6.45) is 5.24. The third-order valence-corrected chi connectivity index (χ3v) is 5.96. The Morgan fingerprint density at radius 3 is 2.29 bits per heavy atom. The highest BCUT2D eigenvalue weighted by molar-refractivity contribution is 6.30. The SMILES string of the molecule is Cc1ccc(C(=O)/C=C/c2cn(-c3ccccc3)nc2-c2nnn(-c3ccc(Cl)cc3)c2C)cc1. The van der Waals surface area contributed by atoms with Gasteiger partial charge >= 0.3 is 0 Å². The topological polar surface area (TPSA) is 65.6 Å². The molecular formula is C28H22ClN5O. The molecule has 0 atom stereocenters. The van der Waals surface area contributed by atoms with Crippen molar-refractivity contribution in [3.05, 3.63) is 119 Å². The summed E-state index contributed by atoms with van der Waals surface area (Å²) in [6.45, 7) is 3.93. The quantitative estimate of drug-likeness (QED) is 0.212. The first-order valence-corrected chi connectivity index (χ1v) is 11.5. The van der Waals surface area contributed by atoms with Crippen molar-refractivity contribution >= 4 is 23.5 Å². The van der Waals surface area contributed by atoms with E-state index in [-0.39, 0.29) is 5.78 Å². The van der Waals surface area contributed by atoms with Gasteiger partial charge in [-0.1, -0.05) is 64.8 Å². The van der Waals surface area contributed by atoms with Crippen molar-refractivity contribution in [2.24, 2.45) is 0 Å². The van der Waals surface area contributed by atoms with E-state index in [9.17, 15) is 4.79 Å². The lowest BCUT2D eigenvalue weighted by atomic mass is 10.1. The molecule has 172 valence electrons. The summed E-state index contributed by atoms with van der Waals surface area (Å²) in [5.41, 5.74) is 6.35. The Morgan fingerprint density at radius 2 is 1.57 bits per heavy atom. The van der Waals surface area contributed by atoms with E-state index in [0.717, 1.165) is 28.2 Å². The van der Waals surface area contributed by atoms with Gasteiger partial charge in [0.15, 0.2) is 5.78 Å². The molecule has 0 N–H and O–H groups in total. The molecule has 6 nitrogen and oxygen atoms in total. The van der Waals surface area contributed by atoms with Crippen molar-refractivity contribution in [2.45, 2.75) is 13.8 Å². The van der Waals surface area contributed by atoms with Gasteiger partial charge in [0, 0.05) is 22.3 Å². The summed E-state index contributed by atoms with van der Waals surface area (Å²) in [5, 5.41) is 14.2. The highest BCUT2D eigenvalue weighted by Crippen LogP contribution is 2.27. The molecule has 7 heteroatoms. The standard InChI is InChI=1S/C28H22ClN5O/c1-19-8-10-21(11-9-19)26(35)17-12-22-18-33(24-6-4-3-5-7-24)31-28(22)27-20(2)34(32-30-27)25-15-13-23(29)14-16-25/h3-18H,1-2H3/b17-12+. The molecule has 0 spiro atoms. The van der Waals surface area contributed by atoms with Gasteiger partial charge in [0.1, 0.15) is 11.4 Å². The normalized spacial score (nSPS) is 11.3. The lowest BCUT2D eigenvalue weighted by Crippen LogP contribution is -1.99. The molecule has 0 saturated heterocycles. The molecule has 0 fully saturated rings. The Kier molecular flexibility index (Phi) is 6.12. The molecule has 0 bridgehead atoms. The fraction of sp³-hybridized carbons (Fsp3) is 0.0714. The fourth-order valence-corrected chi connectivity index (χ4v) is 3.89. The number of rotatable bonds is 6. The van der Waals surface area contributed by atoms with Gasteiger partial charge in [-0.2, -0.15) is 5.10 Å². The Balaban J connectivity index is 1.56. The van der Waals surface area contributed by atoms with Crippen molar-refractivity contribution < 1.29 is 4.79 Å². The first-order chi connectivity index (χ1) is 17.0. The van der Waals surface area contributed by atoms with Crippen LogP contribution in [0.5, 0.6) is 0 Å². The minimum Gasteiger partial charge on any atom is -0.289 e. The van der Waals surface area contributed by atoms with Gasteiger partial charge in [-0.15, -0.1) is 5.10 Å². The second kappa shape index (κ2) is 9.52. The summed E-state index contributed by atoms with van der Waals surface area (Å²) in [5.74, 6) is -0.0787. The summed E-state index contributed by atoms with van der Waals surface area (Å²) < 4.78 is 3.53. The maximum absolute atomic E-state index is 12.8. The molecule has 0 aliphatic carbocycles. The van der Waals surface area contributed by atoms with E-state index < -0.39 is 0 Å². The zero-order valence-electron chi connectivity index (χ0n) is 19.3. The van der Waals surface area contributed by atoms with Crippen molar-refractivity contribution in [2.75, 3.05) is 0 Å². The van der Waals surface area contributed by atoms with E-state index in [2.05, 4.69) is 10.3 Å². The predicted octanol–water partition coefficient (Wildman–Crippen LogP) is 6.29. The monoisotopic (exact) mass is 479 g/mol. The lowest BCUT2D eigenvalue weighted by molar-refractivity contribution is 0.104. The molecule has 0 amide bonds. The van der Waals surface area contributed by atoms with Gasteiger partial charge < -0.3 is 0 Å². The number of hydrogen-bond acceptors (Lipinski definition) is 4. The lowest BCUT2D eigenvalue weighted by Gasteiger charge is -2.03.